The monoisotopic (exact) mass is 310 g/mol. The molecule has 0 aromatic heterocycles. The molecule has 1 atom stereocenters. The zero-order valence-electron chi connectivity index (χ0n) is 13.5. The summed E-state index contributed by atoms with van der Waals surface area (Å²) in [6.07, 6.45) is 0.171. The van der Waals surface area contributed by atoms with Crippen molar-refractivity contribution in [2.24, 2.45) is 5.73 Å². The molecule has 0 unspecified atom stereocenters. The van der Waals surface area contributed by atoms with Crippen LogP contribution in [0.5, 0.6) is 5.75 Å². The van der Waals surface area contributed by atoms with Crippen LogP contribution >= 0.6 is 0 Å². The molecule has 6 heteroatoms. The first-order valence-corrected chi connectivity index (χ1v) is 7.31. The predicted molar refractivity (Wildman–Crippen MR) is 81.1 cm³/mol. The van der Waals surface area contributed by atoms with Gasteiger partial charge in [-0.25, -0.2) is 9.18 Å². The second-order valence-electron chi connectivity index (χ2n) is 6.48. The molecule has 22 heavy (non-hydrogen) atoms. The Hall–Kier alpha value is -1.82. The third-order valence-corrected chi connectivity index (χ3v) is 3.54. The maximum atomic E-state index is 13.9. The van der Waals surface area contributed by atoms with E-state index in [0.29, 0.717) is 18.5 Å². The minimum absolute atomic E-state index is 0.167. The number of rotatable bonds is 1. The van der Waals surface area contributed by atoms with Crippen LogP contribution in [0.2, 0.25) is 0 Å². The van der Waals surface area contributed by atoms with E-state index in [0.717, 1.165) is 5.56 Å². The number of carbonyl (C=O) groups is 1. The lowest BCUT2D eigenvalue weighted by atomic mass is 9.99. The van der Waals surface area contributed by atoms with Gasteiger partial charge in [0.05, 0.1) is 7.11 Å². The first-order valence-electron chi connectivity index (χ1n) is 7.31. The molecule has 1 aromatic carbocycles. The number of ether oxygens (including phenoxy) is 2. The van der Waals surface area contributed by atoms with Gasteiger partial charge in [-0.3, -0.25) is 0 Å². The average molecular weight is 310 g/mol. The van der Waals surface area contributed by atoms with Gasteiger partial charge in [0.25, 0.3) is 0 Å². The largest absolute Gasteiger partial charge is 0.494 e. The van der Waals surface area contributed by atoms with Gasteiger partial charge in [0.1, 0.15) is 5.60 Å². The number of fused-ring (bicyclic) bond motifs is 1. The first-order chi connectivity index (χ1) is 10.2. The van der Waals surface area contributed by atoms with E-state index >= 15 is 0 Å². The standard InChI is InChI=1S/C16H23FN2O3/c1-16(2,3)22-15(20)19-6-5-13(18)11-8-14(21-4)12(17)7-10(11)9-19/h7-8,13H,5-6,9,18H2,1-4H3/t13-/m1/s1. The molecular formula is C16H23FN2O3. The van der Waals surface area contributed by atoms with E-state index in [1.54, 1.807) is 11.0 Å². The van der Waals surface area contributed by atoms with Crippen LogP contribution in [0.4, 0.5) is 9.18 Å². The van der Waals surface area contributed by atoms with Gasteiger partial charge < -0.3 is 20.1 Å². The molecule has 0 aliphatic carbocycles. The Morgan fingerprint density at radius 2 is 2.09 bits per heavy atom. The zero-order valence-corrected chi connectivity index (χ0v) is 13.5. The minimum Gasteiger partial charge on any atom is -0.494 e. The molecule has 1 aliphatic heterocycles. The van der Waals surface area contributed by atoms with Crippen LogP contribution in [0.3, 0.4) is 0 Å². The van der Waals surface area contributed by atoms with Crippen LogP contribution < -0.4 is 10.5 Å². The van der Waals surface area contributed by atoms with Crippen molar-refractivity contribution in [3.63, 3.8) is 0 Å². The highest BCUT2D eigenvalue weighted by Crippen LogP contribution is 2.31. The molecule has 5 nitrogen and oxygen atoms in total. The summed E-state index contributed by atoms with van der Waals surface area (Å²) in [6.45, 7) is 6.18. The third-order valence-electron chi connectivity index (χ3n) is 3.54. The summed E-state index contributed by atoms with van der Waals surface area (Å²) in [5.74, 6) is -0.292. The van der Waals surface area contributed by atoms with E-state index in [1.807, 2.05) is 20.8 Å². The van der Waals surface area contributed by atoms with Gasteiger partial charge in [0.15, 0.2) is 11.6 Å². The molecule has 0 saturated heterocycles. The van der Waals surface area contributed by atoms with E-state index < -0.39 is 17.5 Å². The van der Waals surface area contributed by atoms with Crippen LogP contribution in [-0.4, -0.2) is 30.2 Å². The maximum absolute atomic E-state index is 13.9. The number of nitrogens with two attached hydrogens (primary N) is 1. The fraction of sp³-hybridized carbons (Fsp3) is 0.562. The Morgan fingerprint density at radius 3 is 2.68 bits per heavy atom. The highest BCUT2D eigenvalue weighted by molar-refractivity contribution is 5.68. The molecule has 2 N–H and O–H groups in total. The smallest absolute Gasteiger partial charge is 0.410 e. The van der Waals surface area contributed by atoms with Crippen LogP contribution in [0.25, 0.3) is 0 Å². The van der Waals surface area contributed by atoms with Gasteiger partial charge in [0.2, 0.25) is 0 Å². The molecule has 1 amide bonds. The highest BCUT2D eigenvalue weighted by atomic mass is 19.1. The Kier molecular flexibility index (Phi) is 4.60. The van der Waals surface area contributed by atoms with Crippen molar-refractivity contribution in [1.82, 2.24) is 4.90 Å². The van der Waals surface area contributed by atoms with Gasteiger partial charge in [-0.15, -0.1) is 0 Å². The van der Waals surface area contributed by atoms with Crippen molar-refractivity contribution in [3.05, 3.63) is 29.1 Å². The van der Waals surface area contributed by atoms with Gasteiger partial charge in [-0.1, -0.05) is 0 Å². The van der Waals surface area contributed by atoms with Crippen molar-refractivity contribution in [2.45, 2.75) is 45.4 Å². The van der Waals surface area contributed by atoms with E-state index in [-0.39, 0.29) is 18.3 Å². The molecule has 0 radical (unpaired) electrons. The van der Waals surface area contributed by atoms with E-state index in [1.165, 1.54) is 13.2 Å². The minimum atomic E-state index is -0.570. The number of nitrogens with zero attached hydrogens (tertiary/aromatic N) is 1. The second kappa shape index (κ2) is 6.12. The molecule has 0 bridgehead atoms. The van der Waals surface area contributed by atoms with E-state index in [4.69, 9.17) is 15.2 Å². The number of benzene rings is 1. The van der Waals surface area contributed by atoms with Gasteiger partial charge in [-0.2, -0.15) is 0 Å². The average Bonchev–Trinajstić information content (AvgIpc) is 2.55. The van der Waals surface area contributed by atoms with Crippen LogP contribution in [0.15, 0.2) is 12.1 Å². The summed E-state index contributed by atoms with van der Waals surface area (Å²) in [4.78, 5) is 13.8. The van der Waals surface area contributed by atoms with Crippen LogP contribution in [0.1, 0.15) is 44.4 Å². The van der Waals surface area contributed by atoms with E-state index in [9.17, 15) is 9.18 Å². The van der Waals surface area contributed by atoms with Gasteiger partial charge >= 0.3 is 6.09 Å². The molecule has 0 fully saturated rings. The van der Waals surface area contributed by atoms with Crippen molar-refractivity contribution in [1.29, 1.82) is 0 Å². The summed E-state index contributed by atoms with van der Waals surface area (Å²) >= 11 is 0. The summed E-state index contributed by atoms with van der Waals surface area (Å²) in [5, 5.41) is 0. The maximum Gasteiger partial charge on any atom is 0.410 e. The Morgan fingerprint density at radius 1 is 1.41 bits per heavy atom. The fourth-order valence-corrected chi connectivity index (χ4v) is 2.47. The molecule has 0 spiro atoms. The van der Waals surface area contributed by atoms with Gasteiger partial charge in [0, 0.05) is 19.1 Å². The lowest BCUT2D eigenvalue weighted by molar-refractivity contribution is 0.0234. The van der Waals surface area contributed by atoms with Crippen molar-refractivity contribution in [2.75, 3.05) is 13.7 Å². The number of carbonyl (C=O) groups excluding carboxylic acids is 1. The zero-order chi connectivity index (χ0) is 16.5. The molecule has 2 rings (SSSR count). The van der Waals surface area contributed by atoms with E-state index in [2.05, 4.69) is 0 Å². The summed E-state index contributed by atoms with van der Waals surface area (Å²) in [6, 6.07) is 2.74. The fourth-order valence-electron chi connectivity index (χ4n) is 2.47. The predicted octanol–water partition coefficient (Wildman–Crippen LogP) is 2.97. The van der Waals surface area contributed by atoms with Crippen molar-refractivity contribution in [3.8, 4) is 5.75 Å². The molecule has 122 valence electrons. The van der Waals surface area contributed by atoms with Crippen molar-refractivity contribution < 1.29 is 18.7 Å². The van der Waals surface area contributed by atoms with Crippen LogP contribution in [-0.2, 0) is 11.3 Å². The number of hydrogen-bond donors (Lipinski definition) is 1. The molecular weight excluding hydrogens is 287 g/mol. The number of hydrogen-bond acceptors (Lipinski definition) is 4. The lowest BCUT2D eigenvalue weighted by Gasteiger charge is -2.26. The summed E-state index contributed by atoms with van der Waals surface area (Å²) < 4.78 is 24.3. The Bertz CT molecular complexity index is 569. The molecule has 1 aliphatic rings. The van der Waals surface area contributed by atoms with Gasteiger partial charge in [-0.05, 0) is 50.5 Å². The molecule has 1 aromatic rings. The quantitative estimate of drug-likeness (QED) is 0.866. The van der Waals surface area contributed by atoms with Crippen LogP contribution in [0, 0.1) is 5.82 Å². The topological polar surface area (TPSA) is 64.8 Å². The number of amides is 1. The Balaban J connectivity index is 2.28. The summed E-state index contributed by atoms with van der Waals surface area (Å²) in [5.41, 5.74) is 7.08. The first kappa shape index (κ1) is 16.5. The normalized spacial score (nSPS) is 18.5. The molecule has 0 saturated carbocycles. The lowest BCUT2D eigenvalue weighted by Crippen LogP contribution is -2.36. The summed E-state index contributed by atoms with van der Waals surface area (Å²) in [7, 11) is 1.42. The molecule has 1 heterocycles. The number of halogens is 1. The third kappa shape index (κ3) is 3.68. The highest BCUT2D eigenvalue weighted by Gasteiger charge is 2.28. The Labute approximate surface area is 130 Å². The SMILES string of the molecule is COc1cc2c(cc1F)CN(C(=O)OC(C)(C)C)CC[C@H]2N. The van der Waals surface area contributed by atoms with Crippen molar-refractivity contribution >= 4 is 6.09 Å². The number of methoxy groups -OCH3 is 1. The second-order valence-corrected chi connectivity index (χ2v) is 6.48.